The number of halogens is 5. The van der Waals surface area contributed by atoms with E-state index in [1.807, 2.05) is 13.8 Å². The van der Waals surface area contributed by atoms with Gasteiger partial charge in [0.25, 0.3) is 0 Å². The van der Waals surface area contributed by atoms with Crippen LogP contribution in [0.5, 0.6) is 0 Å². The van der Waals surface area contributed by atoms with Crippen molar-refractivity contribution in [3.05, 3.63) is 0 Å². The van der Waals surface area contributed by atoms with Gasteiger partial charge in [-0.1, -0.05) is 33.6 Å². The van der Waals surface area contributed by atoms with Gasteiger partial charge in [0.2, 0.25) is 0 Å². The Kier molecular flexibility index (Phi) is 9.20. The second-order valence-corrected chi connectivity index (χ2v) is 8.82. The first kappa shape index (κ1) is 24.4. The molecule has 3 aliphatic carbocycles. The number of alkyl halides is 5. The summed E-state index contributed by atoms with van der Waals surface area (Å²) < 4.78 is 74.4. The topological polar surface area (TPSA) is 26.3 Å². The molecule has 0 radical (unpaired) electrons. The molecule has 3 fully saturated rings. The first-order chi connectivity index (χ1) is 13.8. The van der Waals surface area contributed by atoms with E-state index in [1.54, 1.807) is 0 Å². The van der Waals surface area contributed by atoms with Gasteiger partial charge < -0.3 is 4.74 Å². The predicted octanol–water partition coefficient (Wildman–Crippen LogP) is 6.26. The molecule has 0 saturated heterocycles. The van der Waals surface area contributed by atoms with Crippen LogP contribution >= 0.6 is 0 Å². The molecule has 0 bridgehead atoms. The van der Waals surface area contributed by atoms with E-state index < -0.39 is 61.7 Å². The molecule has 29 heavy (non-hydrogen) atoms. The van der Waals surface area contributed by atoms with Gasteiger partial charge in [-0.25, -0.2) is 22.0 Å². The molecule has 170 valence electrons. The van der Waals surface area contributed by atoms with E-state index in [4.69, 9.17) is 4.74 Å². The van der Waals surface area contributed by atoms with Crippen molar-refractivity contribution in [3.8, 4) is 0 Å². The highest BCUT2D eigenvalue weighted by atomic mass is 19.2. The van der Waals surface area contributed by atoms with Crippen molar-refractivity contribution in [1.29, 1.82) is 0 Å². The molecule has 0 amide bonds. The summed E-state index contributed by atoms with van der Waals surface area (Å²) in [7, 11) is 0. The van der Waals surface area contributed by atoms with Crippen molar-refractivity contribution in [1.82, 2.24) is 0 Å². The molecule has 2 nitrogen and oxygen atoms in total. The third-order valence-electron chi connectivity index (χ3n) is 6.78. The van der Waals surface area contributed by atoms with Crippen LogP contribution in [0.1, 0.15) is 72.1 Å². The molecule has 0 heterocycles. The van der Waals surface area contributed by atoms with Gasteiger partial charge in [0, 0.05) is 12.8 Å². The number of ether oxygens (including phenoxy) is 1. The largest absolute Gasteiger partial charge is 0.462 e. The fourth-order valence-corrected chi connectivity index (χ4v) is 5.06. The molecule has 4 unspecified atom stereocenters. The second kappa shape index (κ2) is 10.9. The minimum absolute atomic E-state index is 0.0843. The summed E-state index contributed by atoms with van der Waals surface area (Å²) in [5, 5.41) is 0. The van der Waals surface area contributed by atoms with E-state index in [-0.39, 0.29) is 24.7 Å². The molecular formula is C22H35F5O2. The molecule has 0 spiro atoms. The molecular weight excluding hydrogens is 391 g/mol. The highest BCUT2D eigenvalue weighted by molar-refractivity contribution is 5.74. The third-order valence-corrected chi connectivity index (χ3v) is 6.78. The molecule has 7 heteroatoms. The normalized spacial score (nSPS) is 45.7. The number of esters is 1. The van der Waals surface area contributed by atoms with E-state index in [1.165, 1.54) is 0 Å². The Hall–Kier alpha value is -0.880. The van der Waals surface area contributed by atoms with Gasteiger partial charge in [0.1, 0.15) is 36.7 Å². The molecule has 3 rings (SSSR count). The maximum Gasteiger partial charge on any atom is 0.315 e. The van der Waals surface area contributed by atoms with Crippen LogP contribution in [0.15, 0.2) is 0 Å². The standard InChI is InChI=1S/C20H29F5O2.C2H6/c1-10-2-4-11(5-3-10)12-6-14(21)18(15(22)7-12)20(26)27-13-8-16(23)19(25)17(24)9-13;1-2/h10-19H,2-9H2,1H3;1-2H3. The average molecular weight is 427 g/mol. The number of carbonyl (C=O) groups is 1. The van der Waals surface area contributed by atoms with Gasteiger partial charge >= 0.3 is 5.97 Å². The van der Waals surface area contributed by atoms with Crippen LogP contribution in [0.3, 0.4) is 0 Å². The minimum Gasteiger partial charge on any atom is -0.462 e. The fourth-order valence-electron chi connectivity index (χ4n) is 5.06. The van der Waals surface area contributed by atoms with Crippen LogP contribution in [0, 0.1) is 23.7 Å². The van der Waals surface area contributed by atoms with Gasteiger partial charge in [-0.05, 0) is 43.4 Å². The highest BCUT2D eigenvalue weighted by Crippen LogP contribution is 2.44. The first-order valence-corrected chi connectivity index (χ1v) is 11.2. The van der Waals surface area contributed by atoms with Crippen molar-refractivity contribution in [2.24, 2.45) is 23.7 Å². The zero-order valence-corrected chi connectivity index (χ0v) is 17.6. The van der Waals surface area contributed by atoms with Crippen molar-refractivity contribution < 1.29 is 31.5 Å². The van der Waals surface area contributed by atoms with Crippen LogP contribution in [0.25, 0.3) is 0 Å². The van der Waals surface area contributed by atoms with Gasteiger partial charge in [-0.2, -0.15) is 0 Å². The van der Waals surface area contributed by atoms with Crippen molar-refractivity contribution in [3.63, 3.8) is 0 Å². The average Bonchev–Trinajstić information content (AvgIpc) is 2.67. The Bertz CT molecular complexity index is 487. The molecule has 4 atom stereocenters. The molecule has 3 aliphatic rings. The van der Waals surface area contributed by atoms with Crippen LogP contribution in [0.4, 0.5) is 22.0 Å². The SMILES string of the molecule is CC.CC1CCC(C2CC(F)C(C(=O)OC3CC(F)C(F)C(F)C3)C(F)C2)CC1. The lowest BCUT2D eigenvalue weighted by Gasteiger charge is -2.40. The monoisotopic (exact) mass is 426 g/mol. The summed E-state index contributed by atoms with van der Waals surface area (Å²) in [6, 6.07) is 0. The number of rotatable bonds is 3. The maximum absolute atomic E-state index is 14.7. The lowest BCUT2D eigenvalue weighted by Crippen LogP contribution is -2.46. The molecule has 0 aromatic carbocycles. The molecule has 0 aromatic rings. The minimum atomic E-state index is -2.24. The number of hydrogen-bond donors (Lipinski definition) is 0. The van der Waals surface area contributed by atoms with E-state index >= 15 is 0 Å². The molecule has 0 N–H and O–H groups in total. The summed E-state index contributed by atoms with van der Waals surface area (Å²) in [5.74, 6) is -1.79. The fraction of sp³-hybridized carbons (Fsp3) is 0.955. The lowest BCUT2D eigenvalue weighted by molar-refractivity contribution is -0.168. The van der Waals surface area contributed by atoms with Gasteiger partial charge in [-0.3, -0.25) is 4.79 Å². The Morgan fingerprint density at radius 1 is 0.724 bits per heavy atom. The van der Waals surface area contributed by atoms with Crippen LogP contribution in [-0.4, -0.2) is 42.9 Å². The summed E-state index contributed by atoms with van der Waals surface area (Å²) in [6.45, 7) is 6.18. The van der Waals surface area contributed by atoms with Crippen molar-refractivity contribution in [2.45, 2.75) is 109 Å². The van der Waals surface area contributed by atoms with Gasteiger partial charge in [0.05, 0.1) is 0 Å². The Balaban J connectivity index is 0.00000145. The Morgan fingerprint density at radius 2 is 1.21 bits per heavy atom. The summed E-state index contributed by atoms with van der Waals surface area (Å²) >= 11 is 0. The molecule has 0 aliphatic heterocycles. The van der Waals surface area contributed by atoms with Crippen LogP contribution < -0.4 is 0 Å². The van der Waals surface area contributed by atoms with E-state index in [2.05, 4.69) is 6.92 Å². The Morgan fingerprint density at radius 3 is 1.69 bits per heavy atom. The number of carbonyl (C=O) groups excluding carboxylic acids is 1. The Labute approximate surface area is 170 Å². The second-order valence-electron chi connectivity index (χ2n) is 8.82. The summed E-state index contributed by atoms with van der Waals surface area (Å²) in [6.07, 6.45) is -7.55. The summed E-state index contributed by atoms with van der Waals surface area (Å²) in [5.41, 5.74) is 0. The van der Waals surface area contributed by atoms with Gasteiger partial charge in [-0.15, -0.1) is 0 Å². The van der Waals surface area contributed by atoms with Crippen LogP contribution in [0.2, 0.25) is 0 Å². The van der Waals surface area contributed by atoms with Gasteiger partial charge in [0.15, 0.2) is 6.17 Å². The quantitative estimate of drug-likeness (QED) is 0.393. The molecule has 3 saturated carbocycles. The number of hydrogen-bond acceptors (Lipinski definition) is 2. The molecule has 0 aromatic heterocycles. The first-order valence-electron chi connectivity index (χ1n) is 11.2. The zero-order valence-electron chi connectivity index (χ0n) is 17.6. The predicted molar refractivity (Wildman–Crippen MR) is 102 cm³/mol. The smallest absolute Gasteiger partial charge is 0.315 e. The van der Waals surface area contributed by atoms with E-state index in [9.17, 15) is 26.7 Å². The lowest BCUT2D eigenvalue weighted by atomic mass is 9.68. The maximum atomic E-state index is 14.7. The van der Waals surface area contributed by atoms with Crippen molar-refractivity contribution >= 4 is 5.97 Å². The van der Waals surface area contributed by atoms with E-state index in [0.717, 1.165) is 25.7 Å². The highest BCUT2D eigenvalue weighted by Gasteiger charge is 2.47. The van der Waals surface area contributed by atoms with Crippen LogP contribution in [-0.2, 0) is 9.53 Å². The zero-order chi connectivity index (χ0) is 21.7. The van der Waals surface area contributed by atoms with Crippen molar-refractivity contribution in [2.75, 3.05) is 0 Å². The van der Waals surface area contributed by atoms with E-state index in [0.29, 0.717) is 5.92 Å². The third kappa shape index (κ3) is 6.06. The summed E-state index contributed by atoms with van der Waals surface area (Å²) in [4.78, 5) is 12.3.